The van der Waals surface area contributed by atoms with Gasteiger partial charge in [-0.3, -0.25) is 0 Å². The summed E-state index contributed by atoms with van der Waals surface area (Å²) >= 11 is 5.82. The molecule has 2 rings (SSSR count). The zero-order valence-corrected chi connectivity index (χ0v) is 14.4. The van der Waals surface area contributed by atoms with Gasteiger partial charge in [-0.1, -0.05) is 23.7 Å². The van der Waals surface area contributed by atoms with E-state index >= 15 is 0 Å². The summed E-state index contributed by atoms with van der Waals surface area (Å²) in [5.41, 5.74) is 1.00. The molecule has 5 nitrogen and oxygen atoms in total. The van der Waals surface area contributed by atoms with E-state index in [-0.39, 0.29) is 11.4 Å². The Morgan fingerprint density at radius 1 is 1.00 bits per heavy atom. The highest BCUT2D eigenvalue weighted by atomic mass is 35.5. The van der Waals surface area contributed by atoms with E-state index in [9.17, 15) is 8.42 Å². The molecule has 0 aliphatic heterocycles. The van der Waals surface area contributed by atoms with Gasteiger partial charge in [-0.25, -0.2) is 13.1 Å². The molecule has 124 valence electrons. The van der Waals surface area contributed by atoms with Crippen molar-refractivity contribution in [3.8, 4) is 11.5 Å². The van der Waals surface area contributed by atoms with Gasteiger partial charge in [0.05, 0.1) is 19.1 Å². The smallest absolute Gasteiger partial charge is 0.240 e. The van der Waals surface area contributed by atoms with E-state index in [4.69, 9.17) is 21.1 Å². The molecule has 2 aromatic carbocycles. The first-order valence-electron chi connectivity index (χ1n) is 6.92. The highest BCUT2D eigenvalue weighted by Gasteiger charge is 2.16. The Kier molecular flexibility index (Phi) is 5.87. The average molecular weight is 356 g/mol. The van der Waals surface area contributed by atoms with E-state index in [0.29, 0.717) is 22.9 Å². The van der Waals surface area contributed by atoms with Crippen LogP contribution in [0, 0.1) is 0 Å². The van der Waals surface area contributed by atoms with Gasteiger partial charge in [-0.05, 0) is 36.2 Å². The summed E-state index contributed by atoms with van der Waals surface area (Å²) in [7, 11) is -0.651. The zero-order valence-electron chi connectivity index (χ0n) is 12.9. The Labute approximate surface area is 141 Å². The normalized spacial score (nSPS) is 11.3. The maximum Gasteiger partial charge on any atom is 0.240 e. The molecular formula is C16H18ClNO4S. The van der Waals surface area contributed by atoms with Gasteiger partial charge in [0.2, 0.25) is 10.0 Å². The molecule has 0 saturated carbocycles. The zero-order chi connectivity index (χ0) is 16.9. The number of hydrogen-bond donors (Lipinski definition) is 1. The third kappa shape index (κ3) is 4.60. The second kappa shape index (κ2) is 7.68. The van der Waals surface area contributed by atoms with Crippen molar-refractivity contribution in [2.75, 3.05) is 20.8 Å². The number of methoxy groups -OCH3 is 2. The Balaban J connectivity index is 2.05. The van der Waals surface area contributed by atoms with Crippen LogP contribution in [0.1, 0.15) is 5.56 Å². The van der Waals surface area contributed by atoms with E-state index in [0.717, 1.165) is 5.56 Å². The molecule has 0 radical (unpaired) electrons. The van der Waals surface area contributed by atoms with Crippen molar-refractivity contribution in [1.82, 2.24) is 4.72 Å². The number of benzene rings is 2. The Morgan fingerprint density at radius 3 is 2.26 bits per heavy atom. The fourth-order valence-electron chi connectivity index (χ4n) is 2.05. The molecule has 0 fully saturated rings. The third-order valence-electron chi connectivity index (χ3n) is 3.28. The van der Waals surface area contributed by atoms with Crippen LogP contribution in [-0.2, 0) is 16.4 Å². The first-order chi connectivity index (χ1) is 11.0. The lowest BCUT2D eigenvalue weighted by Gasteiger charge is -2.11. The van der Waals surface area contributed by atoms with Crippen LogP contribution in [0.25, 0.3) is 0 Å². The first-order valence-corrected chi connectivity index (χ1v) is 8.78. The molecule has 0 heterocycles. The van der Waals surface area contributed by atoms with Gasteiger partial charge < -0.3 is 9.47 Å². The molecule has 0 saturated heterocycles. The molecular weight excluding hydrogens is 338 g/mol. The van der Waals surface area contributed by atoms with Crippen LogP contribution in [-0.4, -0.2) is 29.2 Å². The Bertz CT molecular complexity index is 760. The SMILES string of the molecule is COc1ccc(S(=O)(=O)NCCc2ccc(Cl)cc2)cc1OC. The van der Waals surface area contributed by atoms with E-state index in [1.54, 1.807) is 18.2 Å². The summed E-state index contributed by atoms with van der Waals surface area (Å²) in [4.78, 5) is 0.131. The topological polar surface area (TPSA) is 64.6 Å². The number of nitrogens with one attached hydrogen (secondary N) is 1. The number of hydrogen-bond acceptors (Lipinski definition) is 4. The van der Waals surface area contributed by atoms with Gasteiger partial charge in [0.25, 0.3) is 0 Å². The molecule has 0 aromatic heterocycles. The first kappa shape index (κ1) is 17.6. The highest BCUT2D eigenvalue weighted by molar-refractivity contribution is 7.89. The maximum atomic E-state index is 12.3. The largest absolute Gasteiger partial charge is 0.493 e. The second-order valence-electron chi connectivity index (χ2n) is 4.79. The van der Waals surface area contributed by atoms with E-state index in [1.807, 2.05) is 12.1 Å². The fourth-order valence-corrected chi connectivity index (χ4v) is 3.22. The standard InChI is InChI=1S/C16H18ClNO4S/c1-21-15-8-7-14(11-16(15)22-2)23(19,20)18-10-9-12-3-5-13(17)6-4-12/h3-8,11,18H,9-10H2,1-2H3. The molecule has 0 aliphatic carbocycles. The number of ether oxygens (including phenoxy) is 2. The van der Waals surface area contributed by atoms with Crippen molar-refractivity contribution in [1.29, 1.82) is 0 Å². The number of sulfonamides is 1. The minimum absolute atomic E-state index is 0.131. The average Bonchev–Trinajstić information content (AvgIpc) is 2.55. The van der Waals surface area contributed by atoms with Crippen molar-refractivity contribution in [3.63, 3.8) is 0 Å². The molecule has 0 atom stereocenters. The van der Waals surface area contributed by atoms with Crippen LogP contribution in [0.2, 0.25) is 5.02 Å². The van der Waals surface area contributed by atoms with E-state index in [1.165, 1.54) is 26.4 Å². The Morgan fingerprint density at radius 2 is 1.65 bits per heavy atom. The number of rotatable bonds is 7. The van der Waals surface area contributed by atoms with Crippen molar-refractivity contribution in [2.24, 2.45) is 0 Å². The highest BCUT2D eigenvalue weighted by Crippen LogP contribution is 2.29. The number of halogens is 1. The fraction of sp³-hybridized carbons (Fsp3) is 0.250. The van der Waals surface area contributed by atoms with Gasteiger partial charge in [-0.15, -0.1) is 0 Å². The third-order valence-corrected chi connectivity index (χ3v) is 4.99. The summed E-state index contributed by atoms with van der Waals surface area (Å²) in [6, 6.07) is 11.8. The summed E-state index contributed by atoms with van der Waals surface area (Å²) < 4.78 is 37.4. The second-order valence-corrected chi connectivity index (χ2v) is 6.99. The van der Waals surface area contributed by atoms with Crippen LogP contribution in [0.3, 0.4) is 0 Å². The van der Waals surface area contributed by atoms with Crippen LogP contribution in [0.15, 0.2) is 47.4 Å². The van der Waals surface area contributed by atoms with Crippen LogP contribution in [0.5, 0.6) is 11.5 Å². The molecule has 0 amide bonds. The lowest BCUT2D eigenvalue weighted by atomic mass is 10.2. The Hall–Kier alpha value is -1.76. The minimum atomic E-state index is -3.61. The molecule has 1 N–H and O–H groups in total. The van der Waals surface area contributed by atoms with Gasteiger partial charge in [-0.2, -0.15) is 0 Å². The van der Waals surface area contributed by atoms with Crippen molar-refractivity contribution < 1.29 is 17.9 Å². The molecule has 0 aliphatic rings. The lowest BCUT2D eigenvalue weighted by molar-refractivity contribution is 0.354. The van der Waals surface area contributed by atoms with Crippen molar-refractivity contribution >= 4 is 21.6 Å². The van der Waals surface area contributed by atoms with Crippen molar-refractivity contribution in [3.05, 3.63) is 53.1 Å². The predicted octanol–water partition coefficient (Wildman–Crippen LogP) is 2.88. The van der Waals surface area contributed by atoms with Gasteiger partial charge in [0.15, 0.2) is 11.5 Å². The van der Waals surface area contributed by atoms with Crippen LogP contribution in [0.4, 0.5) is 0 Å². The predicted molar refractivity (Wildman–Crippen MR) is 89.9 cm³/mol. The van der Waals surface area contributed by atoms with Crippen molar-refractivity contribution in [2.45, 2.75) is 11.3 Å². The summed E-state index contributed by atoms with van der Waals surface area (Å²) in [6.07, 6.45) is 0.573. The molecule has 2 aromatic rings. The van der Waals surface area contributed by atoms with E-state index in [2.05, 4.69) is 4.72 Å². The van der Waals surface area contributed by atoms with Gasteiger partial charge >= 0.3 is 0 Å². The molecule has 0 bridgehead atoms. The monoisotopic (exact) mass is 355 g/mol. The summed E-state index contributed by atoms with van der Waals surface area (Å²) in [5, 5.41) is 0.652. The van der Waals surface area contributed by atoms with Crippen LogP contribution < -0.4 is 14.2 Å². The molecule has 7 heteroatoms. The van der Waals surface area contributed by atoms with Gasteiger partial charge in [0, 0.05) is 17.6 Å². The molecule has 0 spiro atoms. The maximum absolute atomic E-state index is 12.3. The van der Waals surface area contributed by atoms with Crippen LogP contribution >= 0.6 is 11.6 Å². The van der Waals surface area contributed by atoms with E-state index < -0.39 is 10.0 Å². The quantitative estimate of drug-likeness (QED) is 0.829. The molecule has 23 heavy (non-hydrogen) atoms. The van der Waals surface area contributed by atoms with Gasteiger partial charge in [0.1, 0.15) is 0 Å². The lowest BCUT2D eigenvalue weighted by Crippen LogP contribution is -2.26. The minimum Gasteiger partial charge on any atom is -0.493 e. The molecule has 0 unspecified atom stereocenters. The summed E-state index contributed by atoms with van der Waals surface area (Å²) in [5.74, 6) is 0.848. The summed E-state index contributed by atoms with van der Waals surface area (Å²) in [6.45, 7) is 0.290.